The molecule has 6 rings (SSSR count). The second-order valence-corrected chi connectivity index (χ2v) is 9.37. The summed E-state index contributed by atoms with van der Waals surface area (Å²) in [6, 6.07) is 6.76. The van der Waals surface area contributed by atoms with Crippen LogP contribution in [0.5, 0.6) is 0 Å². The fourth-order valence-corrected chi connectivity index (χ4v) is 5.24. The third-order valence-electron chi connectivity index (χ3n) is 7.11. The first kappa shape index (κ1) is 21.5. The standard InChI is InChI=1S/C25H31N7O2/c1-17-16-33-14-12-31(17)22-15-19(21-7-10-27-30(21)2)18-6-9-26-25(24(18)28-22)20-8-11-32(29-20)23-5-3-4-13-34-23/h6,8-11,15,17,21,23H,3-5,7,12-14,16H2,1-2H3. The van der Waals surface area contributed by atoms with Crippen molar-refractivity contribution < 1.29 is 9.47 Å². The van der Waals surface area contributed by atoms with Crippen molar-refractivity contribution in [2.24, 2.45) is 5.10 Å². The van der Waals surface area contributed by atoms with Crippen molar-refractivity contribution in [3.05, 3.63) is 36.2 Å². The van der Waals surface area contributed by atoms with Crippen LogP contribution in [0.3, 0.4) is 0 Å². The van der Waals surface area contributed by atoms with Gasteiger partial charge < -0.3 is 14.4 Å². The SMILES string of the molecule is CC1COCCN1c1cc(C2CC=NN2C)c2ccnc(-c3ccn(C4CCCCO4)n3)c2n1. The molecule has 0 spiro atoms. The number of hydrazone groups is 1. The Morgan fingerprint density at radius 1 is 1.15 bits per heavy atom. The van der Waals surface area contributed by atoms with Gasteiger partial charge in [0.05, 0.1) is 25.3 Å². The van der Waals surface area contributed by atoms with E-state index in [0.717, 1.165) is 66.9 Å². The molecule has 0 amide bonds. The van der Waals surface area contributed by atoms with Gasteiger partial charge >= 0.3 is 0 Å². The molecule has 9 heteroatoms. The first-order valence-electron chi connectivity index (χ1n) is 12.3. The van der Waals surface area contributed by atoms with Crippen LogP contribution in [0.2, 0.25) is 0 Å². The Morgan fingerprint density at radius 2 is 2.09 bits per heavy atom. The van der Waals surface area contributed by atoms with Crippen LogP contribution in [0.25, 0.3) is 22.3 Å². The number of anilines is 1. The number of ether oxygens (including phenoxy) is 2. The first-order chi connectivity index (χ1) is 16.7. The number of fused-ring (bicyclic) bond motifs is 1. The van der Waals surface area contributed by atoms with Gasteiger partial charge in [0.1, 0.15) is 29.0 Å². The van der Waals surface area contributed by atoms with Crippen LogP contribution < -0.4 is 4.90 Å². The maximum atomic E-state index is 5.94. The van der Waals surface area contributed by atoms with Gasteiger partial charge in [-0.25, -0.2) is 9.67 Å². The minimum absolute atomic E-state index is 0.00459. The smallest absolute Gasteiger partial charge is 0.150 e. The lowest BCUT2D eigenvalue weighted by atomic mass is 9.99. The maximum absolute atomic E-state index is 5.94. The zero-order chi connectivity index (χ0) is 23.1. The van der Waals surface area contributed by atoms with Crippen molar-refractivity contribution in [1.82, 2.24) is 24.8 Å². The molecule has 3 aliphatic rings. The lowest BCUT2D eigenvalue weighted by molar-refractivity contribution is -0.0393. The van der Waals surface area contributed by atoms with E-state index in [0.29, 0.717) is 13.2 Å². The molecule has 0 aliphatic carbocycles. The van der Waals surface area contributed by atoms with Gasteiger partial charge in [-0.1, -0.05) is 0 Å². The Balaban J connectivity index is 1.48. The van der Waals surface area contributed by atoms with Gasteiger partial charge in [0.15, 0.2) is 0 Å². The fourth-order valence-electron chi connectivity index (χ4n) is 5.24. The summed E-state index contributed by atoms with van der Waals surface area (Å²) in [5.41, 5.74) is 3.72. The Kier molecular flexibility index (Phi) is 5.66. The summed E-state index contributed by atoms with van der Waals surface area (Å²) in [7, 11) is 2.03. The first-order valence-corrected chi connectivity index (χ1v) is 12.3. The van der Waals surface area contributed by atoms with Gasteiger partial charge in [-0.3, -0.25) is 9.99 Å². The molecule has 2 fully saturated rings. The third kappa shape index (κ3) is 3.82. The normalized spacial score (nSPS) is 25.4. The van der Waals surface area contributed by atoms with E-state index in [1.807, 2.05) is 41.4 Å². The van der Waals surface area contributed by atoms with Crippen molar-refractivity contribution >= 4 is 22.9 Å². The molecule has 3 atom stereocenters. The van der Waals surface area contributed by atoms with Crippen LogP contribution >= 0.6 is 0 Å². The van der Waals surface area contributed by atoms with E-state index in [2.05, 4.69) is 29.1 Å². The number of aromatic nitrogens is 4. The van der Waals surface area contributed by atoms with Crippen LogP contribution in [0.4, 0.5) is 5.82 Å². The molecule has 0 saturated carbocycles. The molecule has 34 heavy (non-hydrogen) atoms. The van der Waals surface area contributed by atoms with Crippen LogP contribution in [0.15, 0.2) is 35.7 Å². The minimum atomic E-state index is -0.00459. The Bertz CT molecular complexity index is 1200. The molecule has 0 bridgehead atoms. The van der Waals surface area contributed by atoms with E-state index in [9.17, 15) is 0 Å². The molecule has 3 aliphatic heterocycles. The summed E-state index contributed by atoms with van der Waals surface area (Å²) < 4.78 is 13.6. The number of morpholine rings is 1. The third-order valence-corrected chi connectivity index (χ3v) is 7.11. The molecule has 9 nitrogen and oxygen atoms in total. The van der Waals surface area contributed by atoms with Crippen LogP contribution in [0, 0.1) is 0 Å². The highest BCUT2D eigenvalue weighted by Crippen LogP contribution is 2.37. The zero-order valence-corrected chi connectivity index (χ0v) is 19.8. The Hall–Kier alpha value is -3.04. The average molecular weight is 462 g/mol. The van der Waals surface area contributed by atoms with Gasteiger partial charge in [0.2, 0.25) is 0 Å². The van der Waals surface area contributed by atoms with Crippen molar-refractivity contribution in [3.63, 3.8) is 0 Å². The van der Waals surface area contributed by atoms with Gasteiger partial charge in [0, 0.05) is 50.6 Å². The monoisotopic (exact) mass is 461 g/mol. The Labute approximate surface area is 199 Å². The lowest BCUT2D eigenvalue weighted by Crippen LogP contribution is -2.44. The van der Waals surface area contributed by atoms with Gasteiger partial charge in [-0.15, -0.1) is 0 Å². The minimum Gasteiger partial charge on any atom is -0.377 e. The van der Waals surface area contributed by atoms with Crippen molar-refractivity contribution in [2.75, 3.05) is 38.3 Å². The summed E-state index contributed by atoms with van der Waals surface area (Å²) in [5, 5.41) is 12.5. The highest BCUT2D eigenvalue weighted by atomic mass is 16.5. The maximum Gasteiger partial charge on any atom is 0.150 e. The van der Waals surface area contributed by atoms with E-state index in [1.54, 1.807) is 0 Å². The summed E-state index contributed by atoms with van der Waals surface area (Å²) >= 11 is 0. The molecule has 3 aromatic heterocycles. The van der Waals surface area contributed by atoms with Gasteiger partial charge in [0.25, 0.3) is 0 Å². The quantitative estimate of drug-likeness (QED) is 0.585. The van der Waals surface area contributed by atoms with Gasteiger partial charge in [-0.05, 0) is 49.9 Å². The summed E-state index contributed by atoms with van der Waals surface area (Å²) in [6.45, 7) is 5.20. The van der Waals surface area contributed by atoms with E-state index in [-0.39, 0.29) is 18.3 Å². The number of nitrogens with zero attached hydrogens (tertiary/aromatic N) is 7. The molecule has 3 unspecified atom stereocenters. The predicted octanol–water partition coefficient (Wildman–Crippen LogP) is 3.78. The number of hydrogen-bond acceptors (Lipinski definition) is 8. The van der Waals surface area contributed by atoms with Gasteiger partial charge in [-0.2, -0.15) is 10.2 Å². The molecule has 2 saturated heterocycles. The molecule has 6 heterocycles. The second-order valence-electron chi connectivity index (χ2n) is 9.37. The Morgan fingerprint density at radius 3 is 2.88 bits per heavy atom. The molecule has 3 aromatic rings. The summed E-state index contributed by atoms with van der Waals surface area (Å²) in [4.78, 5) is 12.3. The fraction of sp³-hybridized carbons (Fsp3) is 0.520. The highest BCUT2D eigenvalue weighted by molar-refractivity contribution is 5.94. The number of hydrogen-bond donors (Lipinski definition) is 0. The van der Waals surface area contributed by atoms with Crippen molar-refractivity contribution in [1.29, 1.82) is 0 Å². The largest absolute Gasteiger partial charge is 0.377 e. The van der Waals surface area contributed by atoms with E-state index >= 15 is 0 Å². The molecule has 178 valence electrons. The van der Waals surface area contributed by atoms with Crippen molar-refractivity contribution in [3.8, 4) is 11.4 Å². The van der Waals surface area contributed by atoms with E-state index < -0.39 is 0 Å². The summed E-state index contributed by atoms with van der Waals surface area (Å²) in [5.74, 6) is 0.961. The van der Waals surface area contributed by atoms with Crippen LogP contribution in [-0.2, 0) is 9.47 Å². The second kappa shape index (κ2) is 8.96. The molecule has 0 N–H and O–H groups in total. The van der Waals surface area contributed by atoms with E-state index in [1.165, 1.54) is 5.56 Å². The lowest BCUT2D eigenvalue weighted by Gasteiger charge is -2.35. The number of rotatable bonds is 4. The topological polar surface area (TPSA) is 80.9 Å². The molecule has 0 aromatic carbocycles. The molecular formula is C25H31N7O2. The van der Waals surface area contributed by atoms with Crippen molar-refractivity contribution in [2.45, 2.75) is 50.9 Å². The number of pyridine rings is 2. The van der Waals surface area contributed by atoms with Crippen LogP contribution in [0.1, 0.15) is 50.4 Å². The summed E-state index contributed by atoms with van der Waals surface area (Å²) in [6.07, 6.45) is 9.99. The molecule has 0 radical (unpaired) electrons. The zero-order valence-electron chi connectivity index (χ0n) is 19.8. The van der Waals surface area contributed by atoms with E-state index in [4.69, 9.17) is 24.5 Å². The highest BCUT2D eigenvalue weighted by Gasteiger charge is 2.28. The van der Waals surface area contributed by atoms with Crippen LogP contribution in [-0.4, -0.2) is 70.4 Å². The predicted molar refractivity (Wildman–Crippen MR) is 131 cm³/mol. The molecular weight excluding hydrogens is 430 g/mol. The average Bonchev–Trinajstić information content (AvgIpc) is 3.53.